The lowest BCUT2D eigenvalue weighted by Gasteiger charge is -2.15. The first kappa shape index (κ1) is 14.6. The van der Waals surface area contributed by atoms with E-state index in [0.29, 0.717) is 21.8 Å². The molecule has 0 saturated heterocycles. The van der Waals surface area contributed by atoms with E-state index in [1.807, 2.05) is 12.1 Å². The maximum Gasteiger partial charge on any atom is 0.233 e. The van der Waals surface area contributed by atoms with Crippen LogP contribution in [0.5, 0.6) is 0 Å². The zero-order valence-corrected chi connectivity index (χ0v) is 13.2. The third-order valence-electron chi connectivity index (χ3n) is 2.19. The predicted octanol–water partition coefficient (Wildman–Crippen LogP) is 2.59. The van der Waals surface area contributed by atoms with Gasteiger partial charge in [-0.3, -0.25) is 4.79 Å². The van der Waals surface area contributed by atoms with Gasteiger partial charge in [-0.05, 0) is 12.1 Å². The van der Waals surface area contributed by atoms with Crippen LogP contribution in [0, 0.1) is 0 Å². The van der Waals surface area contributed by atoms with Gasteiger partial charge >= 0.3 is 0 Å². The molecular formula is C10H11ClN4OS3. The van der Waals surface area contributed by atoms with E-state index in [4.69, 9.17) is 17.3 Å². The summed E-state index contributed by atoms with van der Waals surface area (Å²) in [6.07, 6.45) is 0. The number of thioether (sulfide) groups is 1. The summed E-state index contributed by atoms with van der Waals surface area (Å²) < 4.78 is 1.44. The fraction of sp³-hybridized carbons (Fsp3) is 0.300. The van der Waals surface area contributed by atoms with E-state index in [0.717, 1.165) is 9.21 Å². The maximum atomic E-state index is 11.9. The second-order valence-corrected chi connectivity index (χ2v) is 7.68. The molecule has 0 aliphatic rings. The smallest absolute Gasteiger partial charge is 0.233 e. The average molecular weight is 335 g/mol. The molecule has 0 unspecified atom stereocenters. The van der Waals surface area contributed by atoms with Gasteiger partial charge in [0.15, 0.2) is 4.34 Å². The molecule has 19 heavy (non-hydrogen) atoms. The van der Waals surface area contributed by atoms with Crippen molar-refractivity contribution in [3.05, 3.63) is 21.3 Å². The van der Waals surface area contributed by atoms with E-state index in [1.54, 1.807) is 11.9 Å². The number of rotatable bonds is 5. The number of nitrogen functional groups attached to an aromatic ring is 1. The normalized spacial score (nSPS) is 10.6. The SMILES string of the molecule is CN(Cc1ccc(Cl)s1)C(=O)CSc1nnc(N)s1. The lowest BCUT2D eigenvalue weighted by atomic mass is 10.4. The number of nitrogens with zero attached hydrogens (tertiary/aromatic N) is 3. The number of carbonyl (C=O) groups is 1. The van der Waals surface area contributed by atoms with Crippen LogP contribution in [0.25, 0.3) is 0 Å². The van der Waals surface area contributed by atoms with E-state index >= 15 is 0 Å². The second kappa shape index (κ2) is 6.56. The monoisotopic (exact) mass is 334 g/mol. The Morgan fingerprint density at radius 3 is 2.84 bits per heavy atom. The van der Waals surface area contributed by atoms with Gasteiger partial charge in [0.1, 0.15) is 0 Å². The Hall–Kier alpha value is -0.830. The molecule has 2 rings (SSSR count). The van der Waals surface area contributed by atoms with E-state index in [1.165, 1.54) is 34.4 Å². The highest BCUT2D eigenvalue weighted by Crippen LogP contribution is 2.25. The zero-order chi connectivity index (χ0) is 13.8. The molecule has 0 atom stereocenters. The molecule has 2 N–H and O–H groups in total. The minimum atomic E-state index is 0.0308. The maximum absolute atomic E-state index is 11.9. The van der Waals surface area contributed by atoms with Crippen LogP contribution in [0.15, 0.2) is 16.5 Å². The number of carbonyl (C=O) groups excluding carboxylic acids is 1. The summed E-state index contributed by atoms with van der Waals surface area (Å²) in [6, 6.07) is 3.76. The van der Waals surface area contributed by atoms with Crippen LogP contribution < -0.4 is 5.73 Å². The number of thiophene rings is 1. The van der Waals surface area contributed by atoms with Gasteiger partial charge in [0.2, 0.25) is 11.0 Å². The summed E-state index contributed by atoms with van der Waals surface area (Å²) in [5.74, 6) is 0.354. The Kier molecular flexibility index (Phi) is 5.03. The van der Waals surface area contributed by atoms with Crippen molar-refractivity contribution in [1.29, 1.82) is 0 Å². The largest absolute Gasteiger partial charge is 0.374 e. The van der Waals surface area contributed by atoms with Gasteiger partial charge in [0.05, 0.1) is 16.6 Å². The van der Waals surface area contributed by atoms with Crippen LogP contribution in [-0.2, 0) is 11.3 Å². The van der Waals surface area contributed by atoms with Gasteiger partial charge in [-0.1, -0.05) is 34.7 Å². The molecule has 0 saturated carbocycles. The highest BCUT2D eigenvalue weighted by molar-refractivity contribution is 8.01. The molecule has 0 spiro atoms. The number of anilines is 1. The number of hydrogen-bond acceptors (Lipinski definition) is 7. The van der Waals surface area contributed by atoms with Gasteiger partial charge < -0.3 is 10.6 Å². The van der Waals surface area contributed by atoms with Gasteiger partial charge in [-0.2, -0.15) is 0 Å². The molecule has 0 bridgehead atoms. The Morgan fingerprint density at radius 2 is 2.26 bits per heavy atom. The summed E-state index contributed by atoms with van der Waals surface area (Å²) in [4.78, 5) is 14.7. The van der Waals surface area contributed by atoms with E-state index in [9.17, 15) is 4.79 Å². The van der Waals surface area contributed by atoms with Crippen molar-refractivity contribution >= 4 is 57.1 Å². The molecule has 1 amide bonds. The Morgan fingerprint density at radius 1 is 1.47 bits per heavy atom. The van der Waals surface area contributed by atoms with Gasteiger partial charge in [-0.25, -0.2) is 0 Å². The van der Waals surface area contributed by atoms with Crippen molar-refractivity contribution in [3.8, 4) is 0 Å². The van der Waals surface area contributed by atoms with Gasteiger partial charge in [0.25, 0.3) is 0 Å². The number of nitrogens with two attached hydrogens (primary N) is 1. The molecule has 2 aromatic rings. The minimum Gasteiger partial charge on any atom is -0.374 e. The standard InChI is InChI=1S/C10H11ClN4OS3/c1-15(4-6-2-3-7(11)18-6)8(16)5-17-10-14-13-9(12)19-10/h2-3H,4-5H2,1H3,(H2,12,13). The molecule has 102 valence electrons. The van der Waals surface area contributed by atoms with Gasteiger partial charge in [-0.15, -0.1) is 21.5 Å². The van der Waals surface area contributed by atoms with Crippen LogP contribution in [0.4, 0.5) is 5.13 Å². The highest BCUT2D eigenvalue weighted by atomic mass is 35.5. The van der Waals surface area contributed by atoms with Crippen molar-refractivity contribution in [1.82, 2.24) is 15.1 Å². The first-order valence-electron chi connectivity index (χ1n) is 5.24. The third-order valence-corrected chi connectivity index (χ3v) is 5.28. The molecule has 2 heterocycles. The Labute approximate surface area is 127 Å². The van der Waals surface area contributed by atoms with Crippen LogP contribution in [0.3, 0.4) is 0 Å². The number of halogens is 1. The third kappa shape index (κ3) is 4.34. The van der Waals surface area contributed by atoms with Gasteiger partial charge in [0, 0.05) is 11.9 Å². The Bertz CT molecular complexity index is 571. The van der Waals surface area contributed by atoms with Crippen molar-refractivity contribution in [2.24, 2.45) is 0 Å². The molecule has 0 radical (unpaired) electrons. The molecule has 0 aliphatic carbocycles. The van der Waals surface area contributed by atoms with Crippen LogP contribution in [0.1, 0.15) is 4.88 Å². The quantitative estimate of drug-likeness (QED) is 0.851. The number of hydrogen-bond donors (Lipinski definition) is 1. The second-order valence-electron chi connectivity index (χ2n) is 3.65. The summed E-state index contributed by atoms with van der Waals surface area (Å²) in [5.41, 5.74) is 5.47. The molecule has 2 aromatic heterocycles. The first-order chi connectivity index (χ1) is 9.04. The Balaban J connectivity index is 1.82. The lowest BCUT2D eigenvalue weighted by molar-refractivity contribution is -0.127. The van der Waals surface area contributed by atoms with Crippen molar-refractivity contribution < 1.29 is 4.79 Å². The predicted molar refractivity (Wildman–Crippen MR) is 80.8 cm³/mol. The molecule has 5 nitrogen and oxygen atoms in total. The number of aromatic nitrogens is 2. The number of amides is 1. The van der Waals surface area contributed by atoms with Crippen molar-refractivity contribution in [2.45, 2.75) is 10.9 Å². The first-order valence-corrected chi connectivity index (χ1v) is 8.24. The highest BCUT2D eigenvalue weighted by Gasteiger charge is 2.12. The fourth-order valence-corrected chi connectivity index (χ4v) is 3.99. The molecule has 0 aliphatic heterocycles. The fourth-order valence-electron chi connectivity index (χ4n) is 1.27. The van der Waals surface area contributed by atoms with Crippen molar-refractivity contribution in [3.63, 3.8) is 0 Å². The van der Waals surface area contributed by atoms with Crippen LogP contribution in [-0.4, -0.2) is 33.8 Å². The van der Waals surface area contributed by atoms with Crippen LogP contribution in [0.2, 0.25) is 4.34 Å². The molecular weight excluding hydrogens is 324 g/mol. The topological polar surface area (TPSA) is 72.1 Å². The minimum absolute atomic E-state index is 0.0308. The van der Waals surface area contributed by atoms with E-state index in [-0.39, 0.29) is 5.91 Å². The molecule has 0 fully saturated rings. The lowest BCUT2D eigenvalue weighted by Crippen LogP contribution is -2.27. The van der Waals surface area contributed by atoms with Crippen molar-refractivity contribution in [2.75, 3.05) is 18.5 Å². The summed E-state index contributed by atoms with van der Waals surface area (Å²) in [6.45, 7) is 0.565. The molecule has 0 aromatic carbocycles. The summed E-state index contributed by atoms with van der Waals surface area (Å²) in [7, 11) is 1.77. The summed E-state index contributed by atoms with van der Waals surface area (Å²) >= 11 is 9.96. The summed E-state index contributed by atoms with van der Waals surface area (Å²) in [5, 5.41) is 7.97. The average Bonchev–Trinajstić information content (AvgIpc) is 2.95. The molecule has 9 heteroatoms. The zero-order valence-electron chi connectivity index (χ0n) is 10.00. The van der Waals surface area contributed by atoms with E-state index in [2.05, 4.69) is 10.2 Å². The van der Waals surface area contributed by atoms with E-state index < -0.39 is 0 Å². The van der Waals surface area contributed by atoms with Crippen LogP contribution >= 0.6 is 46.0 Å².